The Labute approximate surface area is 245 Å². The van der Waals surface area contributed by atoms with Crippen LogP contribution >= 0.6 is 0 Å². The molecule has 0 aliphatic carbocycles. The van der Waals surface area contributed by atoms with E-state index in [-0.39, 0.29) is 17.7 Å². The molecule has 10 nitrogen and oxygen atoms in total. The number of aromatic nitrogens is 1. The van der Waals surface area contributed by atoms with Crippen molar-refractivity contribution >= 4 is 40.3 Å². The summed E-state index contributed by atoms with van der Waals surface area (Å²) in [6, 6.07) is 14.9. The Hall–Kier alpha value is -4.39. The number of carbonyl (C=O) groups excluding carboxylic acids is 3. The molecule has 3 heterocycles. The summed E-state index contributed by atoms with van der Waals surface area (Å²) in [5, 5.41) is 14.1. The van der Waals surface area contributed by atoms with Crippen LogP contribution in [-0.4, -0.2) is 69.5 Å². The van der Waals surface area contributed by atoms with Crippen molar-refractivity contribution in [3.8, 4) is 0 Å². The summed E-state index contributed by atoms with van der Waals surface area (Å²) in [6.07, 6.45) is -0.937. The van der Waals surface area contributed by atoms with Crippen LogP contribution in [0.15, 0.2) is 54.7 Å². The molecule has 0 radical (unpaired) electrons. The summed E-state index contributed by atoms with van der Waals surface area (Å²) in [5.74, 6) is -3.28. The first-order valence-electron chi connectivity index (χ1n) is 13.8. The maximum Gasteiger partial charge on any atom is 0.490 e. The van der Waals surface area contributed by atoms with Crippen LogP contribution in [0.4, 0.5) is 18.9 Å². The second kappa shape index (κ2) is 12.1. The highest BCUT2D eigenvalue weighted by atomic mass is 19.4. The van der Waals surface area contributed by atoms with Crippen molar-refractivity contribution in [3.05, 3.63) is 65.9 Å². The number of fused-ring (bicyclic) bond motifs is 3. The molecular formula is C30H34F3N5O5. The number of hydrogen-bond acceptors (Lipinski definition) is 5. The highest BCUT2D eigenvalue weighted by Gasteiger charge is 2.47. The van der Waals surface area contributed by atoms with Gasteiger partial charge in [0.1, 0.15) is 6.04 Å². The number of nitrogens with two attached hydrogens (primary N) is 1. The molecule has 2 aromatic carbocycles. The van der Waals surface area contributed by atoms with Gasteiger partial charge in [0.15, 0.2) is 0 Å². The molecule has 2 aliphatic heterocycles. The monoisotopic (exact) mass is 601 g/mol. The van der Waals surface area contributed by atoms with Gasteiger partial charge in [-0.1, -0.05) is 36.4 Å². The molecule has 43 heavy (non-hydrogen) atoms. The average molecular weight is 602 g/mol. The van der Waals surface area contributed by atoms with Gasteiger partial charge in [0, 0.05) is 42.3 Å². The number of aliphatic carboxylic acids is 1. The first kappa shape index (κ1) is 31.5. The minimum atomic E-state index is -5.08. The second-order valence-corrected chi connectivity index (χ2v) is 11.4. The highest BCUT2D eigenvalue weighted by molar-refractivity contribution is 6.06. The molecule has 2 aliphatic rings. The maximum atomic E-state index is 13.9. The molecule has 1 saturated heterocycles. The lowest BCUT2D eigenvalue weighted by Gasteiger charge is -2.30. The number of anilines is 1. The number of rotatable bonds is 5. The first-order chi connectivity index (χ1) is 20.1. The molecule has 5 rings (SSSR count). The summed E-state index contributed by atoms with van der Waals surface area (Å²) in [4.78, 5) is 53.7. The fourth-order valence-electron chi connectivity index (χ4n) is 5.51. The van der Waals surface area contributed by atoms with E-state index in [9.17, 15) is 27.6 Å². The Morgan fingerprint density at radius 1 is 1.07 bits per heavy atom. The Morgan fingerprint density at radius 3 is 2.40 bits per heavy atom. The fraction of sp³-hybridized carbons (Fsp3) is 0.400. The molecule has 0 unspecified atom stereocenters. The van der Waals surface area contributed by atoms with Crippen molar-refractivity contribution < 1.29 is 37.5 Å². The number of para-hydroxylation sites is 2. The molecule has 2 atom stereocenters. The standard InChI is InChI=1S/C28H33N5O3.C2HF3O2/c1-27(2,29)25(35)32-23(16-18-17-30-21-10-5-3-8-19(18)21)24(34)33-14-7-12-28(13-15-33)20-9-4-6-11-22(20)31-26(28)36;3-2(4,5)1(6)7/h3-6,8-11,17,23,30H,7,12-16,29H2,1-2H3,(H,31,36)(H,32,35);(H,6,7)/t23-,28-;/m0./s1. The van der Waals surface area contributed by atoms with Crippen molar-refractivity contribution in [1.82, 2.24) is 15.2 Å². The smallest absolute Gasteiger partial charge is 0.475 e. The molecule has 230 valence electrons. The van der Waals surface area contributed by atoms with E-state index in [0.29, 0.717) is 38.8 Å². The number of likely N-dealkylation sites (tertiary alicyclic amines) is 1. The van der Waals surface area contributed by atoms with Gasteiger partial charge in [-0.3, -0.25) is 14.4 Å². The molecule has 0 bridgehead atoms. The van der Waals surface area contributed by atoms with Crippen LogP contribution in [0.25, 0.3) is 10.9 Å². The van der Waals surface area contributed by atoms with Crippen molar-refractivity contribution in [2.45, 2.75) is 62.7 Å². The molecule has 6 N–H and O–H groups in total. The molecule has 0 saturated carbocycles. The van der Waals surface area contributed by atoms with Gasteiger partial charge in [0.05, 0.1) is 11.0 Å². The number of nitrogens with zero attached hydrogens (tertiary/aromatic N) is 1. The quantitative estimate of drug-likeness (QED) is 0.301. The minimum absolute atomic E-state index is 0.00604. The van der Waals surface area contributed by atoms with E-state index in [0.717, 1.165) is 27.7 Å². The topological polar surface area (TPSA) is 158 Å². The number of aromatic amines is 1. The number of carboxylic acids is 1. The second-order valence-electron chi connectivity index (χ2n) is 11.4. The van der Waals surface area contributed by atoms with Gasteiger partial charge < -0.3 is 31.4 Å². The summed E-state index contributed by atoms with van der Waals surface area (Å²) < 4.78 is 31.7. The number of carboxylic acid groups (broad SMARTS) is 1. The summed E-state index contributed by atoms with van der Waals surface area (Å²) in [7, 11) is 0. The largest absolute Gasteiger partial charge is 0.490 e. The molecule has 13 heteroatoms. The number of halogens is 3. The van der Waals surface area contributed by atoms with Gasteiger partial charge in [0.2, 0.25) is 17.7 Å². The zero-order valence-corrected chi connectivity index (χ0v) is 23.8. The van der Waals surface area contributed by atoms with E-state index in [2.05, 4.69) is 15.6 Å². The molecular weight excluding hydrogens is 567 g/mol. The van der Waals surface area contributed by atoms with E-state index in [1.165, 1.54) is 0 Å². The third-order valence-electron chi connectivity index (χ3n) is 7.81. The number of alkyl halides is 3. The third kappa shape index (κ3) is 6.82. The van der Waals surface area contributed by atoms with E-state index >= 15 is 0 Å². The van der Waals surface area contributed by atoms with Crippen molar-refractivity contribution in [2.24, 2.45) is 5.73 Å². The SMILES string of the molecule is CC(C)(N)C(=O)N[C@@H](Cc1c[nH]c2ccccc12)C(=O)N1CCC[C@@]2(CC1)C(=O)Nc1ccccc12.O=C(O)C(F)(F)F. The van der Waals surface area contributed by atoms with Gasteiger partial charge in [-0.15, -0.1) is 0 Å². The lowest BCUT2D eigenvalue weighted by molar-refractivity contribution is -0.192. The Balaban J connectivity index is 0.000000541. The maximum absolute atomic E-state index is 13.9. The zero-order valence-electron chi connectivity index (χ0n) is 23.8. The average Bonchev–Trinajstić information content (AvgIpc) is 3.36. The predicted molar refractivity (Wildman–Crippen MR) is 153 cm³/mol. The van der Waals surface area contributed by atoms with Crippen LogP contribution in [0.5, 0.6) is 0 Å². The van der Waals surface area contributed by atoms with Crippen LogP contribution in [0, 0.1) is 0 Å². The van der Waals surface area contributed by atoms with Crippen molar-refractivity contribution in [3.63, 3.8) is 0 Å². The lowest BCUT2D eigenvalue weighted by Crippen LogP contribution is -2.57. The molecule has 3 amide bonds. The number of benzene rings is 2. The van der Waals surface area contributed by atoms with Crippen molar-refractivity contribution in [1.29, 1.82) is 0 Å². The van der Waals surface area contributed by atoms with Gasteiger partial charge in [-0.2, -0.15) is 13.2 Å². The Kier molecular flexibility index (Phi) is 8.86. The summed E-state index contributed by atoms with van der Waals surface area (Å²) in [6.45, 7) is 4.22. The lowest BCUT2D eigenvalue weighted by atomic mass is 9.75. The van der Waals surface area contributed by atoms with Crippen LogP contribution < -0.4 is 16.4 Å². The normalized spacial score (nSPS) is 19.1. The van der Waals surface area contributed by atoms with E-state index < -0.39 is 29.1 Å². The summed E-state index contributed by atoms with van der Waals surface area (Å²) >= 11 is 0. The van der Waals surface area contributed by atoms with Crippen LogP contribution in [0.3, 0.4) is 0 Å². The minimum Gasteiger partial charge on any atom is -0.475 e. The van der Waals surface area contributed by atoms with Crippen LogP contribution in [-0.2, 0) is 31.0 Å². The summed E-state index contributed by atoms with van der Waals surface area (Å²) in [5.41, 5.74) is 8.11. The predicted octanol–water partition coefficient (Wildman–Crippen LogP) is 3.47. The zero-order chi connectivity index (χ0) is 31.6. The Morgan fingerprint density at radius 2 is 1.72 bits per heavy atom. The number of hydrogen-bond donors (Lipinski definition) is 5. The fourth-order valence-corrected chi connectivity index (χ4v) is 5.51. The number of carbonyl (C=O) groups is 4. The molecule has 1 aromatic heterocycles. The Bertz CT molecular complexity index is 1530. The number of amides is 3. The van der Waals surface area contributed by atoms with E-state index in [1.54, 1.807) is 18.7 Å². The number of nitrogens with one attached hydrogen (secondary N) is 3. The van der Waals surface area contributed by atoms with Gasteiger partial charge in [0.25, 0.3) is 0 Å². The van der Waals surface area contributed by atoms with Gasteiger partial charge in [-0.25, -0.2) is 4.79 Å². The molecule has 3 aromatic rings. The highest BCUT2D eigenvalue weighted by Crippen LogP contribution is 2.44. The van der Waals surface area contributed by atoms with Crippen LogP contribution in [0.1, 0.15) is 44.2 Å². The van der Waals surface area contributed by atoms with Crippen molar-refractivity contribution in [2.75, 3.05) is 18.4 Å². The number of H-pyrrole nitrogens is 1. The third-order valence-corrected chi connectivity index (χ3v) is 7.81. The first-order valence-corrected chi connectivity index (χ1v) is 13.8. The van der Waals surface area contributed by atoms with Gasteiger partial charge in [-0.05, 0) is 56.4 Å². The van der Waals surface area contributed by atoms with Crippen LogP contribution in [0.2, 0.25) is 0 Å². The van der Waals surface area contributed by atoms with E-state index in [4.69, 9.17) is 15.6 Å². The van der Waals surface area contributed by atoms with Gasteiger partial charge >= 0.3 is 12.1 Å². The van der Waals surface area contributed by atoms with E-state index in [1.807, 2.05) is 54.7 Å². The molecule has 1 spiro atoms. The molecule has 1 fully saturated rings.